The molecule has 0 amide bonds. The SMILES string of the molecule is CC(C)(C)[Si](C)(C)OCCNCCc1ccncc1. The van der Waals surface area contributed by atoms with Crippen molar-refractivity contribution in [1.29, 1.82) is 0 Å². The summed E-state index contributed by atoms with van der Waals surface area (Å²) in [4.78, 5) is 4.02. The van der Waals surface area contributed by atoms with Gasteiger partial charge in [0.05, 0.1) is 0 Å². The van der Waals surface area contributed by atoms with E-state index in [1.54, 1.807) is 0 Å². The Kier molecular flexibility index (Phi) is 6.17. The maximum Gasteiger partial charge on any atom is 0.192 e. The molecule has 0 saturated carbocycles. The van der Waals surface area contributed by atoms with Gasteiger partial charge in [-0.3, -0.25) is 4.98 Å². The van der Waals surface area contributed by atoms with Gasteiger partial charge in [0.15, 0.2) is 8.32 Å². The Bertz CT molecular complexity index is 360. The van der Waals surface area contributed by atoms with Crippen LogP contribution < -0.4 is 5.32 Å². The summed E-state index contributed by atoms with van der Waals surface area (Å²) in [7, 11) is -1.58. The van der Waals surface area contributed by atoms with Gasteiger partial charge in [0, 0.05) is 25.5 Å². The van der Waals surface area contributed by atoms with Crippen LogP contribution in [0.4, 0.5) is 0 Å². The summed E-state index contributed by atoms with van der Waals surface area (Å²) in [6.07, 6.45) is 4.73. The second-order valence-corrected chi connectivity index (χ2v) is 11.3. The molecule has 0 unspecified atom stereocenters. The second-order valence-electron chi connectivity index (χ2n) is 6.46. The van der Waals surface area contributed by atoms with Crippen molar-refractivity contribution in [2.75, 3.05) is 19.7 Å². The molecule has 108 valence electrons. The Morgan fingerprint density at radius 1 is 1.16 bits per heavy atom. The van der Waals surface area contributed by atoms with Crippen molar-refractivity contribution in [2.45, 2.75) is 45.3 Å². The molecule has 0 atom stereocenters. The highest BCUT2D eigenvalue weighted by Gasteiger charge is 2.36. The van der Waals surface area contributed by atoms with Crippen molar-refractivity contribution in [3.8, 4) is 0 Å². The first-order valence-electron chi connectivity index (χ1n) is 7.06. The van der Waals surface area contributed by atoms with Crippen molar-refractivity contribution in [2.24, 2.45) is 0 Å². The van der Waals surface area contributed by atoms with E-state index < -0.39 is 8.32 Å². The highest BCUT2D eigenvalue weighted by molar-refractivity contribution is 6.74. The van der Waals surface area contributed by atoms with E-state index in [2.05, 4.69) is 56.3 Å². The van der Waals surface area contributed by atoms with Gasteiger partial charge < -0.3 is 9.74 Å². The summed E-state index contributed by atoms with van der Waals surface area (Å²) in [5, 5.41) is 3.73. The second kappa shape index (κ2) is 7.17. The van der Waals surface area contributed by atoms with E-state index in [4.69, 9.17) is 4.43 Å². The summed E-state index contributed by atoms with van der Waals surface area (Å²) in [5.74, 6) is 0. The Hall–Kier alpha value is -0.713. The van der Waals surface area contributed by atoms with E-state index >= 15 is 0 Å². The smallest absolute Gasteiger partial charge is 0.192 e. The third kappa shape index (κ3) is 5.85. The molecule has 0 radical (unpaired) electrons. The number of nitrogens with one attached hydrogen (secondary N) is 1. The first-order chi connectivity index (χ1) is 8.83. The van der Waals surface area contributed by atoms with Gasteiger partial charge in [-0.05, 0) is 48.8 Å². The quantitative estimate of drug-likeness (QED) is 0.615. The first kappa shape index (κ1) is 16.3. The van der Waals surface area contributed by atoms with E-state index in [9.17, 15) is 0 Å². The van der Waals surface area contributed by atoms with Gasteiger partial charge in [0.1, 0.15) is 0 Å². The van der Waals surface area contributed by atoms with Crippen molar-refractivity contribution >= 4 is 8.32 Å². The van der Waals surface area contributed by atoms with E-state index in [0.717, 1.165) is 26.1 Å². The zero-order valence-electron chi connectivity index (χ0n) is 13.0. The van der Waals surface area contributed by atoms with Gasteiger partial charge in [-0.2, -0.15) is 0 Å². The minimum atomic E-state index is -1.58. The Morgan fingerprint density at radius 2 is 1.79 bits per heavy atom. The van der Waals surface area contributed by atoms with Crippen LogP contribution in [0.1, 0.15) is 26.3 Å². The van der Waals surface area contributed by atoms with Crippen molar-refractivity contribution in [3.63, 3.8) is 0 Å². The molecule has 1 aromatic heterocycles. The summed E-state index contributed by atoms with van der Waals surface area (Å²) < 4.78 is 6.11. The molecule has 0 bridgehead atoms. The summed E-state index contributed by atoms with van der Waals surface area (Å²) >= 11 is 0. The molecular formula is C15H28N2OSi. The molecule has 1 heterocycles. The highest BCUT2D eigenvalue weighted by Crippen LogP contribution is 2.36. The van der Waals surface area contributed by atoms with Crippen LogP contribution in [0.3, 0.4) is 0 Å². The lowest BCUT2D eigenvalue weighted by Crippen LogP contribution is -2.42. The largest absolute Gasteiger partial charge is 0.416 e. The Balaban J connectivity index is 2.12. The summed E-state index contributed by atoms with van der Waals surface area (Å²) in [6, 6.07) is 4.13. The van der Waals surface area contributed by atoms with Crippen LogP contribution in [-0.4, -0.2) is 33.0 Å². The average Bonchev–Trinajstić information content (AvgIpc) is 2.33. The average molecular weight is 280 g/mol. The third-order valence-electron chi connectivity index (χ3n) is 3.89. The highest BCUT2D eigenvalue weighted by atomic mass is 28.4. The minimum absolute atomic E-state index is 0.296. The number of aromatic nitrogens is 1. The number of hydrogen-bond acceptors (Lipinski definition) is 3. The van der Waals surface area contributed by atoms with Gasteiger partial charge >= 0.3 is 0 Å². The molecular weight excluding hydrogens is 252 g/mol. The van der Waals surface area contributed by atoms with Crippen LogP contribution in [0.15, 0.2) is 24.5 Å². The number of rotatable bonds is 7. The zero-order chi connectivity index (χ0) is 14.4. The summed E-state index contributed by atoms with van der Waals surface area (Å²) in [6.45, 7) is 14.1. The lowest BCUT2D eigenvalue weighted by molar-refractivity contribution is 0.286. The van der Waals surface area contributed by atoms with Crippen LogP contribution in [0, 0.1) is 0 Å². The molecule has 3 nitrogen and oxygen atoms in total. The van der Waals surface area contributed by atoms with Crippen LogP contribution in [-0.2, 0) is 10.8 Å². The molecule has 19 heavy (non-hydrogen) atoms. The monoisotopic (exact) mass is 280 g/mol. The van der Waals surface area contributed by atoms with Crippen molar-refractivity contribution < 1.29 is 4.43 Å². The molecule has 0 aliphatic rings. The minimum Gasteiger partial charge on any atom is -0.416 e. The molecule has 0 spiro atoms. The maximum absolute atomic E-state index is 6.11. The molecule has 0 aliphatic carbocycles. The van der Waals surface area contributed by atoms with Gasteiger partial charge in [0.25, 0.3) is 0 Å². The normalized spacial score (nSPS) is 12.7. The van der Waals surface area contributed by atoms with Gasteiger partial charge in [-0.1, -0.05) is 20.8 Å². The topological polar surface area (TPSA) is 34.1 Å². The summed E-state index contributed by atoms with van der Waals surface area (Å²) in [5.41, 5.74) is 1.33. The molecule has 0 aliphatic heterocycles. The molecule has 4 heteroatoms. The predicted octanol–water partition coefficient (Wildman–Crippen LogP) is 3.24. The van der Waals surface area contributed by atoms with Gasteiger partial charge in [-0.25, -0.2) is 0 Å². The van der Waals surface area contributed by atoms with Crippen LogP contribution in [0.25, 0.3) is 0 Å². The molecule has 0 saturated heterocycles. The lowest BCUT2D eigenvalue weighted by atomic mass is 10.2. The molecule has 0 fully saturated rings. The molecule has 1 aromatic rings. The Morgan fingerprint density at radius 3 is 2.37 bits per heavy atom. The number of hydrogen-bond donors (Lipinski definition) is 1. The van der Waals surface area contributed by atoms with Crippen molar-refractivity contribution in [3.05, 3.63) is 30.1 Å². The fourth-order valence-electron chi connectivity index (χ4n) is 1.50. The Labute approximate surface area is 118 Å². The van der Waals surface area contributed by atoms with E-state index in [1.807, 2.05) is 12.4 Å². The first-order valence-corrected chi connectivity index (χ1v) is 9.97. The fraction of sp³-hybridized carbons (Fsp3) is 0.667. The van der Waals surface area contributed by atoms with Crippen LogP contribution in [0.2, 0.25) is 18.1 Å². The van der Waals surface area contributed by atoms with Gasteiger partial charge in [0.2, 0.25) is 0 Å². The molecule has 0 aromatic carbocycles. The van der Waals surface area contributed by atoms with Crippen LogP contribution in [0.5, 0.6) is 0 Å². The van der Waals surface area contributed by atoms with Gasteiger partial charge in [-0.15, -0.1) is 0 Å². The van der Waals surface area contributed by atoms with Crippen LogP contribution >= 0.6 is 0 Å². The lowest BCUT2D eigenvalue weighted by Gasteiger charge is -2.36. The van der Waals surface area contributed by atoms with E-state index in [-0.39, 0.29) is 0 Å². The molecule has 1 N–H and O–H groups in total. The predicted molar refractivity (Wildman–Crippen MR) is 84.0 cm³/mol. The standard InChI is InChI=1S/C15H28N2OSi/c1-15(2,3)19(4,5)18-13-12-17-11-8-14-6-9-16-10-7-14/h6-7,9-10,17H,8,11-13H2,1-5H3. The maximum atomic E-state index is 6.11. The zero-order valence-corrected chi connectivity index (χ0v) is 14.0. The van der Waals surface area contributed by atoms with E-state index in [1.165, 1.54) is 5.56 Å². The number of nitrogens with zero attached hydrogens (tertiary/aromatic N) is 1. The van der Waals surface area contributed by atoms with Crippen molar-refractivity contribution in [1.82, 2.24) is 10.3 Å². The fourth-order valence-corrected chi connectivity index (χ4v) is 2.55. The van der Waals surface area contributed by atoms with E-state index in [0.29, 0.717) is 5.04 Å². The number of pyridine rings is 1. The third-order valence-corrected chi connectivity index (χ3v) is 8.43. The molecule has 1 rings (SSSR count).